The van der Waals surface area contributed by atoms with Crippen LogP contribution in [0.3, 0.4) is 0 Å². The molecule has 0 bridgehead atoms. The number of allylic oxidation sites excluding steroid dienone is 2. The summed E-state index contributed by atoms with van der Waals surface area (Å²) >= 11 is 0. The van der Waals surface area contributed by atoms with Crippen LogP contribution in [0.25, 0.3) is 0 Å². The zero-order chi connectivity index (χ0) is 6.91. The van der Waals surface area contributed by atoms with Gasteiger partial charge in [-0.1, -0.05) is 12.2 Å². The lowest BCUT2D eigenvalue weighted by Gasteiger charge is -1.93. The van der Waals surface area contributed by atoms with E-state index in [1.54, 1.807) is 12.2 Å². The van der Waals surface area contributed by atoms with Crippen LogP contribution in [0, 0.1) is 5.92 Å². The lowest BCUT2D eigenvalue weighted by atomic mass is 10.2. The molecule has 0 aliphatic carbocycles. The van der Waals surface area contributed by atoms with Crippen molar-refractivity contribution in [2.45, 2.75) is 0 Å². The quantitative estimate of drug-likeness (QED) is 0.508. The third-order valence-corrected chi connectivity index (χ3v) is 2.68. The minimum Gasteiger partial charge on any atom is -0.224 e. The average Bonchev–Trinajstić information content (AvgIpc) is 2.10. The standard InChI is InChI=1S/C6H8O2S/c1-2-6-3-4-9(7,8)5-6/h2-4,6H,1,5H2. The van der Waals surface area contributed by atoms with Crippen LogP contribution in [0.1, 0.15) is 0 Å². The van der Waals surface area contributed by atoms with Crippen LogP contribution in [-0.2, 0) is 9.84 Å². The number of sulfone groups is 1. The van der Waals surface area contributed by atoms with E-state index in [9.17, 15) is 8.42 Å². The maximum atomic E-state index is 10.7. The summed E-state index contributed by atoms with van der Waals surface area (Å²) in [4.78, 5) is 0. The van der Waals surface area contributed by atoms with Crippen LogP contribution < -0.4 is 0 Å². The van der Waals surface area contributed by atoms with Crippen molar-refractivity contribution < 1.29 is 8.42 Å². The van der Waals surface area contributed by atoms with Crippen LogP contribution in [0.2, 0.25) is 0 Å². The van der Waals surface area contributed by atoms with Gasteiger partial charge in [0.25, 0.3) is 0 Å². The SMILES string of the molecule is C=CC1C=CS(=O)(=O)C1. The first-order chi connectivity index (χ1) is 4.14. The topological polar surface area (TPSA) is 34.1 Å². The first-order valence-electron chi connectivity index (χ1n) is 2.67. The second kappa shape index (κ2) is 1.99. The Labute approximate surface area is 54.8 Å². The van der Waals surface area contributed by atoms with Gasteiger partial charge in [-0.2, -0.15) is 0 Å². The van der Waals surface area contributed by atoms with Crippen LogP contribution in [-0.4, -0.2) is 14.2 Å². The molecule has 0 saturated heterocycles. The van der Waals surface area contributed by atoms with E-state index in [1.807, 2.05) is 0 Å². The Morgan fingerprint density at radius 3 is 2.56 bits per heavy atom. The Kier molecular flexibility index (Phi) is 1.45. The molecule has 0 N–H and O–H groups in total. The highest BCUT2D eigenvalue weighted by Crippen LogP contribution is 2.14. The zero-order valence-corrected chi connectivity index (χ0v) is 5.76. The van der Waals surface area contributed by atoms with Crippen LogP contribution in [0.15, 0.2) is 24.1 Å². The molecule has 0 saturated carbocycles. The molecule has 2 nitrogen and oxygen atoms in total. The van der Waals surface area contributed by atoms with E-state index >= 15 is 0 Å². The second-order valence-corrected chi connectivity index (χ2v) is 3.99. The largest absolute Gasteiger partial charge is 0.224 e. The Bertz CT molecular complexity index is 236. The third kappa shape index (κ3) is 1.42. The van der Waals surface area contributed by atoms with E-state index in [1.165, 1.54) is 5.41 Å². The fraction of sp³-hybridized carbons (Fsp3) is 0.333. The summed E-state index contributed by atoms with van der Waals surface area (Å²) in [5.74, 6) is 0.242. The summed E-state index contributed by atoms with van der Waals surface area (Å²) in [6, 6.07) is 0. The van der Waals surface area contributed by atoms with Gasteiger partial charge in [-0.3, -0.25) is 0 Å². The Morgan fingerprint density at radius 1 is 1.67 bits per heavy atom. The molecule has 1 aliphatic heterocycles. The van der Waals surface area contributed by atoms with E-state index in [-0.39, 0.29) is 11.7 Å². The summed E-state index contributed by atoms with van der Waals surface area (Å²) < 4.78 is 21.3. The van der Waals surface area contributed by atoms with Gasteiger partial charge in [0, 0.05) is 11.3 Å². The number of rotatable bonds is 1. The molecule has 3 heteroatoms. The van der Waals surface area contributed by atoms with E-state index in [4.69, 9.17) is 0 Å². The molecule has 1 rings (SSSR count). The van der Waals surface area contributed by atoms with Crippen LogP contribution >= 0.6 is 0 Å². The van der Waals surface area contributed by atoms with E-state index in [2.05, 4.69) is 6.58 Å². The molecule has 0 aromatic rings. The number of hydrogen-bond acceptors (Lipinski definition) is 2. The highest BCUT2D eigenvalue weighted by molar-refractivity contribution is 7.94. The van der Waals surface area contributed by atoms with Crippen LogP contribution in [0.4, 0.5) is 0 Å². The predicted octanol–water partition coefficient (Wildman–Crippen LogP) is 0.731. The van der Waals surface area contributed by atoms with Gasteiger partial charge in [-0.15, -0.1) is 6.58 Å². The van der Waals surface area contributed by atoms with Gasteiger partial charge < -0.3 is 0 Å². The Hall–Kier alpha value is -0.570. The summed E-state index contributed by atoms with van der Waals surface area (Å²) in [5.41, 5.74) is 0. The molecule has 0 spiro atoms. The van der Waals surface area contributed by atoms with Gasteiger partial charge in [0.05, 0.1) is 5.75 Å². The van der Waals surface area contributed by atoms with Crippen molar-refractivity contribution in [3.63, 3.8) is 0 Å². The highest BCUT2D eigenvalue weighted by Gasteiger charge is 2.18. The Balaban J connectivity index is 2.83. The fourth-order valence-electron chi connectivity index (χ4n) is 0.747. The first kappa shape index (κ1) is 6.55. The number of hydrogen-bond donors (Lipinski definition) is 0. The predicted molar refractivity (Wildman–Crippen MR) is 36.6 cm³/mol. The van der Waals surface area contributed by atoms with Gasteiger partial charge in [-0.05, 0) is 0 Å². The van der Waals surface area contributed by atoms with Crippen molar-refractivity contribution in [3.05, 3.63) is 24.1 Å². The molecule has 0 radical (unpaired) electrons. The van der Waals surface area contributed by atoms with Crippen LogP contribution in [0.5, 0.6) is 0 Å². The lowest BCUT2D eigenvalue weighted by Crippen LogP contribution is -2.01. The van der Waals surface area contributed by atoms with Gasteiger partial charge in [0.2, 0.25) is 0 Å². The first-order valence-corrected chi connectivity index (χ1v) is 4.39. The van der Waals surface area contributed by atoms with Crippen molar-refractivity contribution in [2.24, 2.45) is 5.92 Å². The minimum absolute atomic E-state index is 0.0370. The molecule has 0 aromatic carbocycles. The highest BCUT2D eigenvalue weighted by atomic mass is 32.2. The van der Waals surface area contributed by atoms with E-state index in [0.29, 0.717) is 0 Å². The molecule has 1 atom stereocenters. The Morgan fingerprint density at radius 2 is 2.33 bits per heavy atom. The zero-order valence-electron chi connectivity index (χ0n) is 4.95. The maximum absolute atomic E-state index is 10.7. The molecule has 50 valence electrons. The normalized spacial score (nSPS) is 30.4. The van der Waals surface area contributed by atoms with Crippen molar-refractivity contribution in [1.29, 1.82) is 0 Å². The average molecular weight is 144 g/mol. The molecule has 1 aliphatic rings. The summed E-state index contributed by atoms with van der Waals surface area (Å²) in [5, 5.41) is 1.25. The summed E-state index contributed by atoms with van der Waals surface area (Å²) in [6.07, 6.45) is 3.30. The molecule has 9 heavy (non-hydrogen) atoms. The van der Waals surface area contributed by atoms with Crippen molar-refractivity contribution in [3.8, 4) is 0 Å². The lowest BCUT2D eigenvalue weighted by molar-refractivity contribution is 0.604. The fourth-order valence-corrected chi connectivity index (χ4v) is 2.08. The van der Waals surface area contributed by atoms with Crippen molar-refractivity contribution in [1.82, 2.24) is 0 Å². The van der Waals surface area contributed by atoms with Gasteiger partial charge in [0.15, 0.2) is 9.84 Å². The molecule has 0 amide bonds. The summed E-state index contributed by atoms with van der Waals surface area (Å²) in [6.45, 7) is 3.49. The van der Waals surface area contributed by atoms with Crippen molar-refractivity contribution in [2.75, 3.05) is 5.75 Å². The van der Waals surface area contributed by atoms with Gasteiger partial charge >= 0.3 is 0 Å². The molecular formula is C6H8O2S. The maximum Gasteiger partial charge on any atom is 0.172 e. The molecule has 0 aromatic heterocycles. The third-order valence-electron chi connectivity index (χ3n) is 1.26. The summed E-state index contributed by atoms with van der Waals surface area (Å²) in [7, 11) is -2.86. The van der Waals surface area contributed by atoms with Gasteiger partial charge in [-0.25, -0.2) is 8.42 Å². The molecule has 0 fully saturated rings. The smallest absolute Gasteiger partial charge is 0.172 e. The van der Waals surface area contributed by atoms with Crippen molar-refractivity contribution >= 4 is 9.84 Å². The molecule has 1 heterocycles. The van der Waals surface area contributed by atoms with E-state index < -0.39 is 9.84 Å². The van der Waals surface area contributed by atoms with Gasteiger partial charge in [0.1, 0.15) is 0 Å². The monoisotopic (exact) mass is 144 g/mol. The minimum atomic E-state index is -2.86. The van der Waals surface area contributed by atoms with E-state index in [0.717, 1.165) is 0 Å². The molecule has 1 unspecified atom stereocenters. The second-order valence-electron chi connectivity index (χ2n) is 2.06. The molecular weight excluding hydrogens is 136 g/mol.